The molecule has 2 amide bonds. The number of hydrogen-bond donors (Lipinski definition) is 2. The summed E-state index contributed by atoms with van der Waals surface area (Å²) >= 11 is 0. The SMILES string of the molecule is Cc1cnn(C[C@H]2CCCCN2CC(=O)N[C@H]2CCCCNC2=O)c1. The Hall–Kier alpha value is -1.89. The minimum atomic E-state index is -0.382. The Labute approximate surface area is 149 Å². The second-order valence-electron chi connectivity index (χ2n) is 7.27. The lowest BCUT2D eigenvalue weighted by atomic mass is 10.0. The van der Waals surface area contributed by atoms with Crippen LogP contribution in [0.4, 0.5) is 0 Å². The highest BCUT2D eigenvalue weighted by atomic mass is 16.2. The number of nitrogens with zero attached hydrogens (tertiary/aromatic N) is 3. The molecule has 0 aromatic carbocycles. The van der Waals surface area contributed by atoms with Crippen LogP contribution in [0.1, 0.15) is 44.1 Å². The van der Waals surface area contributed by atoms with Crippen LogP contribution < -0.4 is 10.6 Å². The van der Waals surface area contributed by atoms with E-state index in [9.17, 15) is 9.59 Å². The Morgan fingerprint density at radius 2 is 2.16 bits per heavy atom. The van der Waals surface area contributed by atoms with Gasteiger partial charge in [-0.3, -0.25) is 19.2 Å². The van der Waals surface area contributed by atoms with E-state index in [1.807, 2.05) is 24.0 Å². The van der Waals surface area contributed by atoms with E-state index in [4.69, 9.17) is 0 Å². The molecule has 2 fully saturated rings. The fourth-order valence-electron chi connectivity index (χ4n) is 3.76. The topological polar surface area (TPSA) is 79.3 Å². The van der Waals surface area contributed by atoms with Crippen molar-refractivity contribution in [2.24, 2.45) is 0 Å². The van der Waals surface area contributed by atoms with E-state index in [-0.39, 0.29) is 17.9 Å². The third-order valence-electron chi connectivity index (χ3n) is 5.13. The molecule has 2 saturated heterocycles. The van der Waals surface area contributed by atoms with Gasteiger partial charge in [0, 0.05) is 18.8 Å². The average molecular weight is 347 g/mol. The summed E-state index contributed by atoms with van der Waals surface area (Å²) in [6, 6.07) is -0.0613. The lowest BCUT2D eigenvalue weighted by Crippen LogP contribution is -2.51. The molecule has 7 heteroatoms. The van der Waals surface area contributed by atoms with Gasteiger partial charge in [-0.2, -0.15) is 5.10 Å². The van der Waals surface area contributed by atoms with Gasteiger partial charge < -0.3 is 10.6 Å². The number of aryl methyl sites for hydroxylation is 1. The van der Waals surface area contributed by atoms with Crippen molar-refractivity contribution >= 4 is 11.8 Å². The monoisotopic (exact) mass is 347 g/mol. The number of rotatable bonds is 5. The number of hydrogen-bond acceptors (Lipinski definition) is 4. The first-order chi connectivity index (χ1) is 12.1. The minimum Gasteiger partial charge on any atom is -0.354 e. The molecule has 0 bridgehead atoms. The van der Waals surface area contributed by atoms with Gasteiger partial charge in [-0.25, -0.2) is 0 Å². The van der Waals surface area contributed by atoms with E-state index in [0.29, 0.717) is 19.1 Å². The van der Waals surface area contributed by atoms with Crippen molar-refractivity contribution in [1.82, 2.24) is 25.3 Å². The summed E-state index contributed by atoms with van der Waals surface area (Å²) in [5, 5.41) is 10.2. The molecule has 0 unspecified atom stereocenters. The molecule has 2 aliphatic heterocycles. The Kier molecular flexibility index (Phi) is 6.07. The summed E-state index contributed by atoms with van der Waals surface area (Å²) in [4.78, 5) is 26.7. The fraction of sp³-hybridized carbons (Fsp3) is 0.722. The first-order valence-corrected chi connectivity index (χ1v) is 9.42. The summed E-state index contributed by atoms with van der Waals surface area (Å²) in [5.41, 5.74) is 1.15. The van der Waals surface area contributed by atoms with Gasteiger partial charge in [0.15, 0.2) is 0 Å². The summed E-state index contributed by atoms with van der Waals surface area (Å²) < 4.78 is 1.97. The average Bonchev–Trinajstić information content (AvgIpc) is 2.89. The largest absolute Gasteiger partial charge is 0.354 e. The van der Waals surface area contributed by atoms with Gasteiger partial charge in [0.2, 0.25) is 11.8 Å². The zero-order valence-corrected chi connectivity index (χ0v) is 15.0. The molecule has 2 N–H and O–H groups in total. The second kappa shape index (κ2) is 8.47. The highest BCUT2D eigenvalue weighted by molar-refractivity contribution is 5.88. The molecule has 0 radical (unpaired) electrons. The Balaban J connectivity index is 1.55. The van der Waals surface area contributed by atoms with Crippen LogP contribution in [0.5, 0.6) is 0 Å². The van der Waals surface area contributed by atoms with E-state index in [0.717, 1.165) is 50.8 Å². The Bertz CT molecular complexity index is 600. The van der Waals surface area contributed by atoms with Crippen LogP contribution in [0.3, 0.4) is 0 Å². The van der Waals surface area contributed by atoms with Crippen LogP contribution in [0, 0.1) is 6.92 Å². The van der Waals surface area contributed by atoms with Crippen LogP contribution >= 0.6 is 0 Å². The minimum absolute atomic E-state index is 0.0481. The van der Waals surface area contributed by atoms with Gasteiger partial charge >= 0.3 is 0 Å². The summed E-state index contributed by atoms with van der Waals surface area (Å²) in [6.07, 6.45) is 9.97. The number of piperidine rings is 1. The molecule has 2 atom stereocenters. The van der Waals surface area contributed by atoms with Crippen molar-refractivity contribution in [3.63, 3.8) is 0 Å². The van der Waals surface area contributed by atoms with Gasteiger partial charge in [0.25, 0.3) is 0 Å². The van der Waals surface area contributed by atoms with Gasteiger partial charge in [-0.1, -0.05) is 6.42 Å². The van der Waals surface area contributed by atoms with Crippen LogP contribution in [-0.4, -0.2) is 58.2 Å². The van der Waals surface area contributed by atoms with Crippen molar-refractivity contribution in [3.05, 3.63) is 18.0 Å². The molecule has 2 aliphatic rings. The van der Waals surface area contributed by atoms with E-state index in [1.165, 1.54) is 6.42 Å². The third-order valence-corrected chi connectivity index (χ3v) is 5.13. The lowest BCUT2D eigenvalue weighted by molar-refractivity contribution is -0.130. The van der Waals surface area contributed by atoms with Crippen LogP contribution in [0.15, 0.2) is 12.4 Å². The molecular weight excluding hydrogens is 318 g/mol. The van der Waals surface area contributed by atoms with Crippen molar-refractivity contribution in [2.45, 2.75) is 64.1 Å². The van der Waals surface area contributed by atoms with Crippen LogP contribution in [0.25, 0.3) is 0 Å². The van der Waals surface area contributed by atoms with Gasteiger partial charge in [0.1, 0.15) is 6.04 Å². The van der Waals surface area contributed by atoms with Gasteiger partial charge in [0.05, 0.1) is 19.3 Å². The molecule has 138 valence electrons. The number of carbonyl (C=O) groups excluding carboxylic acids is 2. The van der Waals surface area contributed by atoms with E-state index in [2.05, 4.69) is 20.6 Å². The lowest BCUT2D eigenvalue weighted by Gasteiger charge is -2.35. The maximum Gasteiger partial charge on any atom is 0.242 e. The summed E-state index contributed by atoms with van der Waals surface area (Å²) in [5.74, 6) is -0.0985. The number of amides is 2. The maximum absolute atomic E-state index is 12.5. The predicted molar refractivity (Wildman–Crippen MR) is 95.0 cm³/mol. The van der Waals surface area contributed by atoms with E-state index < -0.39 is 0 Å². The van der Waals surface area contributed by atoms with Crippen LogP contribution in [0.2, 0.25) is 0 Å². The Morgan fingerprint density at radius 1 is 1.32 bits per heavy atom. The van der Waals surface area contributed by atoms with Crippen molar-refractivity contribution in [3.8, 4) is 0 Å². The van der Waals surface area contributed by atoms with E-state index >= 15 is 0 Å². The van der Waals surface area contributed by atoms with Gasteiger partial charge in [-0.15, -0.1) is 0 Å². The normalized spacial score (nSPS) is 25.2. The van der Waals surface area contributed by atoms with Gasteiger partial charge in [-0.05, 0) is 51.1 Å². The summed E-state index contributed by atoms with van der Waals surface area (Å²) in [6.45, 7) is 4.84. The number of carbonyl (C=O) groups is 2. The summed E-state index contributed by atoms with van der Waals surface area (Å²) in [7, 11) is 0. The molecule has 3 heterocycles. The number of nitrogens with one attached hydrogen (secondary N) is 2. The van der Waals surface area contributed by atoms with E-state index in [1.54, 1.807) is 0 Å². The molecule has 25 heavy (non-hydrogen) atoms. The maximum atomic E-state index is 12.5. The molecule has 0 spiro atoms. The molecule has 7 nitrogen and oxygen atoms in total. The standard InChI is InChI=1S/C18H29N5O2/c1-14-10-20-23(11-14)12-15-6-3-5-9-22(15)13-17(24)21-16-7-2-4-8-19-18(16)25/h10-11,15-16H,2-9,12-13H2,1H3,(H,19,25)(H,21,24)/t15-,16+/m1/s1. The molecule has 0 aliphatic carbocycles. The quantitative estimate of drug-likeness (QED) is 0.827. The second-order valence-corrected chi connectivity index (χ2v) is 7.27. The first-order valence-electron chi connectivity index (χ1n) is 9.42. The third kappa shape index (κ3) is 5.04. The highest BCUT2D eigenvalue weighted by Crippen LogP contribution is 2.18. The molecule has 1 aromatic heterocycles. The van der Waals surface area contributed by atoms with Crippen molar-refractivity contribution < 1.29 is 9.59 Å². The fourth-order valence-corrected chi connectivity index (χ4v) is 3.76. The molecule has 0 saturated carbocycles. The highest BCUT2D eigenvalue weighted by Gasteiger charge is 2.27. The number of likely N-dealkylation sites (tertiary alicyclic amines) is 1. The Morgan fingerprint density at radius 3 is 2.96 bits per heavy atom. The van der Waals surface area contributed by atoms with Crippen molar-refractivity contribution in [2.75, 3.05) is 19.6 Å². The number of aromatic nitrogens is 2. The molecule has 1 aromatic rings. The van der Waals surface area contributed by atoms with Crippen LogP contribution in [-0.2, 0) is 16.1 Å². The zero-order valence-electron chi connectivity index (χ0n) is 15.0. The molecular formula is C18H29N5O2. The first kappa shape index (κ1) is 17.9. The van der Waals surface area contributed by atoms with Crippen molar-refractivity contribution in [1.29, 1.82) is 0 Å². The predicted octanol–water partition coefficient (Wildman–Crippen LogP) is 0.831. The zero-order chi connectivity index (χ0) is 17.6. The molecule has 3 rings (SSSR count). The smallest absolute Gasteiger partial charge is 0.242 e.